The molecule has 2 aromatic carbocycles. The molecule has 0 saturated carbocycles. The van der Waals surface area contributed by atoms with Crippen LogP contribution in [0.3, 0.4) is 0 Å². The minimum atomic E-state index is -1.54. The molecule has 3 aromatic rings. The third kappa shape index (κ3) is 6.26. The summed E-state index contributed by atoms with van der Waals surface area (Å²) in [6, 6.07) is 12.1. The molecule has 2 N–H and O–H groups in total. The number of halogens is 3. The minimum Gasteiger partial charge on any atom is -0.494 e. The van der Waals surface area contributed by atoms with E-state index in [1.807, 2.05) is 0 Å². The number of ether oxygens (including phenoxy) is 3. The maximum Gasteiger partial charge on any atom is 0.251 e. The predicted octanol–water partition coefficient (Wildman–Crippen LogP) is 4.65. The number of carbonyl (C=O) groups is 1. The molecular formula is C25H25BrF2N2O5. The summed E-state index contributed by atoms with van der Waals surface area (Å²) in [7, 11) is 2.90. The number of amides is 1. The smallest absolute Gasteiger partial charge is 0.251 e. The maximum absolute atomic E-state index is 13.7. The van der Waals surface area contributed by atoms with Crippen molar-refractivity contribution in [3.63, 3.8) is 0 Å². The lowest BCUT2D eigenvalue weighted by atomic mass is 9.99. The van der Waals surface area contributed by atoms with Crippen LogP contribution in [0.4, 0.5) is 8.78 Å². The van der Waals surface area contributed by atoms with Crippen LogP contribution < -0.4 is 19.5 Å². The molecule has 1 heterocycles. The van der Waals surface area contributed by atoms with Gasteiger partial charge < -0.3 is 24.6 Å². The Morgan fingerprint density at radius 2 is 1.80 bits per heavy atom. The number of nitrogens with one attached hydrogen (secondary N) is 1. The molecule has 0 aliphatic heterocycles. The number of methoxy groups -OCH3 is 2. The molecule has 0 saturated heterocycles. The van der Waals surface area contributed by atoms with Gasteiger partial charge in [-0.15, -0.1) is 0 Å². The zero-order valence-electron chi connectivity index (χ0n) is 19.4. The maximum atomic E-state index is 13.7. The average Bonchev–Trinajstić information content (AvgIpc) is 2.87. The fourth-order valence-corrected chi connectivity index (χ4v) is 3.66. The highest BCUT2D eigenvalue weighted by molar-refractivity contribution is 9.10. The molecule has 1 aromatic heterocycles. The zero-order chi connectivity index (χ0) is 25.6. The lowest BCUT2D eigenvalue weighted by molar-refractivity contribution is 0.0489. The van der Waals surface area contributed by atoms with Crippen molar-refractivity contribution in [1.29, 1.82) is 0 Å². The SMILES string of the molecule is COc1cc(C(=O)NCC(C)(O)c2ccc(OC)c(-c3ccc(F)c(Br)c3)n2)ccc1OCCF. The van der Waals surface area contributed by atoms with E-state index in [-0.39, 0.29) is 34.6 Å². The number of benzene rings is 2. The number of aliphatic hydroxyl groups is 1. The molecule has 7 nitrogen and oxygen atoms in total. The van der Waals surface area contributed by atoms with Gasteiger partial charge in [0.25, 0.3) is 5.91 Å². The van der Waals surface area contributed by atoms with Crippen molar-refractivity contribution >= 4 is 21.8 Å². The van der Waals surface area contributed by atoms with E-state index in [0.717, 1.165) is 0 Å². The van der Waals surface area contributed by atoms with Crippen molar-refractivity contribution in [3.05, 3.63) is 70.1 Å². The first-order valence-electron chi connectivity index (χ1n) is 10.6. The highest BCUT2D eigenvalue weighted by atomic mass is 79.9. The summed E-state index contributed by atoms with van der Waals surface area (Å²) in [5.74, 6) is 0.157. The Bertz CT molecular complexity index is 1210. The summed E-state index contributed by atoms with van der Waals surface area (Å²) in [6.45, 7) is 0.581. The van der Waals surface area contributed by atoms with Crippen LogP contribution in [-0.2, 0) is 5.60 Å². The van der Waals surface area contributed by atoms with Crippen LogP contribution in [0, 0.1) is 5.82 Å². The van der Waals surface area contributed by atoms with E-state index < -0.39 is 24.0 Å². The van der Waals surface area contributed by atoms with Gasteiger partial charge in [0.05, 0.1) is 30.9 Å². The number of rotatable bonds is 10. The summed E-state index contributed by atoms with van der Waals surface area (Å²) in [5, 5.41) is 13.8. The summed E-state index contributed by atoms with van der Waals surface area (Å²) in [4.78, 5) is 17.3. The lowest BCUT2D eigenvalue weighted by Gasteiger charge is -2.24. The fourth-order valence-electron chi connectivity index (χ4n) is 3.28. The van der Waals surface area contributed by atoms with Crippen LogP contribution in [0.25, 0.3) is 11.3 Å². The number of alkyl halides is 1. The van der Waals surface area contributed by atoms with Gasteiger partial charge in [-0.3, -0.25) is 4.79 Å². The van der Waals surface area contributed by atoms with Crippen LogP contribution in [0.2, 0.25) is 0 Å². The van der Waals surface area contributed by atoms with Crippen LogP contribution in [0.15, 0.2) is 53.0 Å². The van der Waals surface area contributed by atoms with Crippen LogP contribution in [0.1, 0.15) is 23.0 Å². The first-order chi connectivity index (χ1) is 16.7. The summed E-state index contributed by atoms with van der Waals surface area (Å²) >= 11 is 3.16. The molecule has 0 bridgehead atoms. The first kappa shape index (κ1) is 26.4. The molecule has 1 unspecified atom stereocenters. The second-order valence-electron chi connectivity index (χ2n) is 7.74. The zero-order valence-corrected chi connectivity index (χ0v) is 21.0. The van der Waals surface area contributed by atoms with Gasteiger partial charge in [-0.2, -0.15) is 0 Å². The molecular weight excluding hydrogens is 526 g/mol. The number of aromatic nitrogens is 1. The van der Waals surface area contributed by atoms with E-state index in [1.165, 1.54) is 45.4 Å². The van der Waals surface area contributed by atoms with Gasteiger partial charge in [-0.05, 0) is 71.4 Å². The molecule has 0 aliphatic rings. The monoisotopic (exact) mass is 550 g/mol. The highest BCUT2D eigenvalue weighted by Gasteiger charge is 2.27. The van der Waals surface area contributed by atoms with Crippen LogP contribution in [0.5, 0.6) is 17.2 Å². The summed E-state index contributed by atoms with van der Waals surface area (Å²) in [5.41, 5.74) is -0.00126. The van der Waals surface area contributed by atoms with Gasteiger partial charge >= 0.3 is 0 Å². The summed E-state index contributed by atoms with van der Waals surface area (Å²) in [6.07, 6.45) is 0. The van der Waals surface area contributed by atoms with Crippen LogP contribution in [-0.4, -0.2) is 50.0 Å². The molecule has 0 fully saturated rings. The number of nitrogens with zero attached hydrogens (tertiary/aromatic N) is 1. The Morgan fingerprint density at radius 3 is 2.46 bits per heavy atom. The topological polar surface area (TPSA) is 89.9 Å². The molecule has 1 amide bonds. The van der Waals surface area contributed by atoms with E-state index in [9.17, 15) is 18.7 Å². The van der Waals surface area contributed by atoms with Crippen molar-refractivity contribution < 1.29 is 32.9 Å². The second kappa shape index (κ2) is 11.5. The number of hydrogen-bond donors (Lipinski definition) is 2. The third-order valence-corrected chi connectivity index (χ3v) is 5.78. The molecule has 0 aliphatic carbocycles. The molecule has 3 rings (SSSR count). The molecule has 0 spiro atoms. The van der Waals surface area contributed by atoms with E-state index in [4.69, 9.17) is 14.2 Å². The average molecular weight is 551 g/mol. The standard InChI is InChI=1S/C25H25BrF2N2O5/c1-25(32,14-29-24(31)16-5-7-19(35-11-10-27)21(13-16)34-3)22-9-8-20(33-2)23(30-22)15-4-6-18(28)17(26)12-15/h4-9,12-13,32H,10-11,14H2,1-3H3,(H,29,31). The van der Waals surface area contributed by atoms with Crippen LogP contribution >= 0.6 is 15.9 Å². The van der Waals surface area contributed by atoms with E-state index in [1.54, 1.807) is 24.3 Å². The Hall–Kier alpha value is -3.24. The Kier molecular flexibility index (Phi) is 8.63. The number of carbonyl (C=O) groups excluding carboxylic acids is 1. The lowest BCUT2D eigenvalue weighted by Crippen LogP contribution is -2.39. The van der Waals surface area contributed by atoms with Gasteiger partial charge in [0.15, 0.2) is 11.5 Å². The van der Waals surface area contributed by atoms with Gasteiger partial charge in [0, 0.05) is 11.1 Å². The Labute approximate surface area is 210 Å². The van der Waals surface area contributed by atoms with E-state index >= 15 is 0 Å². The second-order valence-corrected chi connectivity index (χ2v) is 8.59. The van der Waals surface area contributed by atoms with Gasteiger partial charge in [-0.25, -0.2) is 13.8 Å². The number of hydrogen-bond acceptors (Lipinski definition) is 6. The largest absolute Gasteiger partial charge is 0.494 e. The molecule has 186 valence electrons. The minimum absolute atomic E-state index is 0.128. The van der Waals surface area contributed by atoms with Crippen molar-refractivity contribution in [1.82, 2.24) is 10.3 Å². The van der Waals surface area contributed by atoms with E-state index in [2.05, 4.69) is 26.2 Å². The van der Waals surface area contributed by atoms with Gasteiger partial charge in [-0.1, -0.05) is 0 Å². The molecule has 0 radical (unpaired) electrons. The molecule has 1 atom stereocenters. The highest BCUT2D eigenvalue weighted by Crippen LogP contribution is 2.33. The molecule has 35 heavy (non-hydrogen) atoms. The Morgan fingerprint density at radius 1 is 1.09 bits per heavy atom. The number of pyridine rings is 1. The van der Waals surface area contributed by atoms with Crippen molar-refractivity contribution in [2.24, 2.45) is 0 Å². The first-order valence-corrected chi connectivity index (χ1v) is 11.4. The normalized spacial score (nSPS) is 12.5. The summed E-state index contributed by atoms with van der Waals surface area (Å²) < 4.78 is 42.2. The third-order valence-electron chi connectivity index (χ3n) is 5.18. The molecule has 10 heteroatoms. The van der Waals surface area contributed by atoms with E-state index in [0.29, 0.717) is 22.8 Å². The van der Waals surface area contributed by atoms with Gasteiger partial charge in [0.2, 0.25) is 0 Å². The van der Waals surface area contributed by atoms with Gasteiger partial charge in [0.1, 0.15) is 36.1 Å². The quantitative estimate of drug-likeness (QED) is 0.382. The van der Waals surface area contributed by atoms with Crippen molar-refractivity contribution in [2.45, 2.75) is 12.5 Å². The van der Waals surface area contributed by atoms with Crippen molar-refractivity contribution in [2.75, 3.05) is 34.0 Å². The van der Waals surface area contributed by atoms with Crippen molar-refractivity contribution in [3.8, 4) is 28.5 Å². The predicted molar refractivity (Wildman–Crippen MR) is 130 cm³/mol. The Balaban J connectivity index is 1.80. The fraction of sp³-hybridized carbons (Fsp3) is 0.280.